The number of amides is 2. The van der Waals surface area contributed by atoms with E-state index in [1.807, 2.05) is 17.5 Å². The maximum atomic E-state index is 13.2. The van der Waals surface area contributed by atoms with E-state index >= 15 is 0 Å². The van der Waals surface area contributed by atoms with Crippen LogP contribution in [-0.2, 0) is 17.8 Å². The molecule has 1 aliphatic heterocycles. The van der Waals surface area contributed by atoms with Crippen LogP contribution in [0.1, 0.15) is 83.4 Å². The first-order chi connectivity index (χ1) is 16.1. The van der Waals surface area contributed by atoms with Crippen molar-refractivity contribution in [3.8, 4) is 0 Å². The molecule has 2 aromatic heterocycles. The van der Waals surface area contributed by atoms with Crippen molar-refractivity contribution in [2.24, 2.45) is 0 Å². The Hall–Kier alpha value is -2.45. The van der Waals surface area contributed by atoms with Crippen LogP contribution in [-0.4, -0.2) is 35.1 Å². The SMILES string of the molecule is O=C(NCc1cccs1)c1cn(C[C@H]2CCCO2)cc(C(=O)NC2CCCCCCC2)c1=O. The smallest absolute Gasteiger partial charge is 0.257 e. The highest BCUT2D eigenvalue weighted by Crippen LogP contribution is 2.18. The number of aromatic nitrogens is 1. The van der Waals surface area contributed by atoms with E-state index in [1.54, 1.807) is 28.3 Å². The fourth-order valence-electron chi connectivity index (χ4n) is 4.62. The topological polar surface area (TPSA) is 89.4 Å². The van der Waals surface area contributed by atoms with E-state index in [4.69, 9.17) is 4.74 Å². The number of rotatable bonds is 7. The summed E-state index contributed by atoms with van der Waals surface area (Å²) in [5, 5.41) is 7.83. The van der Waals surface area contributed by atoms with Crippen molar-refractivity contribution in [3.63, 3.8) is 0 Å². The number of hydrogen-bond donors (Lipinski definition) is 2. The first-order valence-electron chi connectivity index (χ1n) is 12.1. The fraction of sp³-hybridized carbons (Fsp3) is 0.560. The van der Waals surface area contributed by atoms with Gasteiger partial charge in [-0.15, -0.1) is 11.3 Å². The van der Waals surface area contributed by atoms with Crippen molar-refractivity contribution in [3.05, 3.63) is 56.1 Å². The van der Waals surface area contributed by atoms with E-state index in [1.165, 1.54) is 19.3 Å². The first kappa shape index (κ1) is 23.7. The highest BCUT2D eigenvalue weighted by Gasteiger charge is 2.23. The predicted molar refractivity (Wildman–Crippen MR) is 129 cm³/mol. The van der Waals surface area contributed by atoms with E-state index in [9.17, 15) is 14.4 Å². The molecule has 8 heteroatoms. The summed E-state index contributed by atoms with van der Waals surface area (Å²) in [5.74, 6) is -0.852. The molecule has 4 rings (SSSR count). The van der Waals surface area contributed by atoms with Crippen LogP contribution >= 0.6 is 11.3 Å². The van der Waals surface area contributed by atoms with Gasteiger partial charge < -0.3 is 19.9 Å². The van der Waals surface area contributed by atoms with Gasteiger partial charge in [0, 0.05) is 36.5 Å². The van der Waals surface area contributed by atoms with Gasteiger partial charge in [-0.2, -0.15) is 0 Å². The molecule has 2 N–H and O–H groups in total. The summed E-state index contributed by atoms with van der Waals surface area (Å²) in [5.41, 5.74) is -0.501. The summed E-state index contributed by atoms with van der Waals surface area (Å²) < 4.78 is 7.50. The van der Waals surface area contributed by atoms with Crippen molar-refractivity contribution >= 4 is 23.2 Å². The third-order valence-corrected chi connectivity index (χ3v) is 7.33. The summed E-state index contributed by atoms with van der Waals surface area (Å²) in [6.45, 7) is 1.57. The molecule has 1 aliphatic carbocycles. The van der Waals surface area contributed by atoms with Gasteiger partial charge in [-0.25, -0.2) is 0 Å². The molecule has 0 spiro atoms. The predicted octanol–water partition coefficient (Wildman–Crippen LogP) is 3.86. The van der Waals surface area contributed by atoms with Crippen LogP contribution in [0.3, 0.4) is 0 Å². The van der Waals surface area contributed by atoms with E-state index in [2.05, 4.69) is 10.6 Å². The first-order valence-corrected chi connectivity index (χ1v) is 13.0. The largest absolute Gasteiger partial charge is 0.376 e. The molecule has 1 atom stereocenters. The lowest BCUT2D eigenvalue weighted by molar-refractivity contribution is 0.0914. The van der Waals surface area contributed by atoms with Crippen LogP contribution in [0.25, 0.3) is 0 Å². The van der Waals surface area contributed by atoms with Crippen LogP contribution in [0.15, 0.2) is 34.7 Å². The Morgan fingerprint density at radius 1 is 1.00 bits per heavy atom. The average molecular weight is 472 g/mol. The Kier molecular flexibility index (Phi) is 8.34. The molecule has 0 bridgehead atoms. The summed E-state index contributed by atoms with van der Waals surface area (Å²) >= 11 is 1.54. The second-order valence-electron chi connectivity index (χ2n) is 9.02. The average Bonchev–Trinajstić information content (AvgIpc) is 3.49. The van der Waals surface area contributed by atoms with E-state index < -0.39 is 11.3 Å². The number of carbonyl (C=O) groups is 2. The molecule has 178 valence electrons. The normalized spacial score (nSPS) is 19.6. The molecule has 2 aliphatic rings. The minimum absolute atomic E-state index is 0.00475. The van der Waals surface area contributed by atoms with Crippen LogP contribution in [0.2, 0.25) is 0 Å². The standard InChI is InChI=1S/C25H33N3O4S/c29-23-21(24(30)26-14-20-11-7-13-33-20)16-28(15-19-10-6-12-32-19)17-22(23)25(31)27-18-8-4-2-1-3-5-9-18/h7,11,13,16-19H,1-6,8-10,12,14-15H2,(H,26,30)(H,27,31)/t19-/m1/s1. The van der Waals surface area contributed by atoms with E-state index in [0.29, 0.717) is 19.7 Å². The number of carbonyl (C=O) groups excluding carboxylic acids is 2. The second kappa shape index (κ2) is 11.6. The van der Waals surface area contributed by atoms with E-state index in [-0.39, 0.29) is 29.2 Å². The zero-order valence-electron chi connectivity index (χ0n) is 19.0. The van der Waals surface area contributed by atoms with Crippen molar-refractivity contribution in [1.29, 1.82) is 0 Å². The van der Waals surface area contributed by atoms with Crippen molar-refractivity contribution in [2.45, 2.75) is 83.0 Å². The van der Waals surface area contributed by atoms with Gasteiger partial charge >= 0.3 is 0 Å². The zero-order chi connectivity index (χ0) is 23.0. The quantitative estimate of drug-likeness (QED) is 0.642. The molecule has 2 fully saturated rings. The van der Waals surface area contributed by atoms with Gasteiger partial charge in [-0.1, -0.05) is 38.2 Å². The lowest BCUT2D eigenvalue weighted by atomic mass is 9.96. The molecule has 33 heavy (non-hydrogen) atoms. The Balaban J connectivity index is 1.55. The van der Waals surface area contributed by atoms with Crippen LogP contribution in [0.4, 0.5) is 0 Å². The number of nitrogens with zero attached hydrogens (tertiary/aromatic N) is 1. The van der Waals surface area contributed by atoms with Crippen molar-refractivity contribution in [1.82, 2.24) is 15.2 Å². The summed E-state index contributed by atoms with van der Waals surface area (Å²) in [6.07, 6.45) is 12.7. The molecule has 2 aromatic rings. The lowest BCUT2D eigenvalue weighted by Gasteiger charge is -2.21. The summed E-state index contributed by atoms with van der Waals surface area (Å²) in [6, 6.07) is 3.92. The lowest BCUT2D eigenvalue weighted by Crippen LogP contribution is -2.40. The Labute approximate surface area is 198 Å². The molecule has 0 unspecified atom stereocenters. The number of ether oxygens (including phenoxy) is 1. The molecular formula is C25H33N3O4S. The third-order valence-electron chi connectivity index (χ3n) is 6.45. The van der Waals surface area contributed by atoms with Gasteiger partial charge in [-0.05, 0) is 37.1 Å². The number of nitrogens with one attached hydrogen (secondary N) is 2. The summed E-state index contributed by atoms with van der Waals surface area (Å²) in [4.78, 5) is 40.3. The van der Waals surface area contributed by atoms with Gasteiger partial charge in [-0.3, -0.25) is 14.4 Å². The van der Waals surface area contributed by atoms with Crippen molar-refractivity contribution in [2.75, 3.05) is 6.61 Å². The zero-order valence-corrected chi connectivity index (χ0v) is 19.8. The highest BCUT2D eigenvalue weighted by molar-refractivity contribution is 7.09. The van der Waals surface area contributed by atoms with Crippen LogP contribution < -0.4 is 16.1 Å². The van der Waals surface area contributed by atoms with Gasteiger partial charge in [0.2, 0.25) is 5.43 Å². The third kappa shape index (κ3) is 6.54. The summed E-state index contributed by atoms with van der Waals surface area (Å²) in [7, 11) is 0. The molecule has 3 heterocycles. The molecule has 1 saturated heterocycles. The minimum Gasteiger partial charge on any atom is -0.376 e. The van der Waals surface area contributed by atoms with Gasteiger partial charge in [0.25, 0.3) is 11.8 Å². The Morgan fingerprint density at radius 3 is 2.39 bits per heavy atom. The second-order valence-corrected chi connectivity index (χ2v) is 10.1. The minimum atomic E-state index is -0.523. The molecule has 0 radical (unpaired) electrons. The van der Waals surface area contributed by atoms with Gasteiger partial charge in [0.05, 0.1) is 12.6 Å². The van der Waals surface area contributed by atoms with E-state index in [0.717, 1.165) is 43.4 Å². The molecule has 0 aromatic carbocycles. The molecule has 2 amide bonds. The molecular weight excluding hydrogens is 438 g/mol. The fourth-order valence-corrected chi connectivity index (χ4v) is 5.27. The maximum Gasteiger partial charge on any atom is 0.257 e. The number of thiophene rings is 1. The monoisotopic (exact) mass is 471 g/mol. The van der Waals surface area contributed by atoms with Gasteiger partial charge in [0.1, 0.15) is 11.1 Å². The number of pyridine rings is 1. The number of hydrogen-bond acceptors (Lipinski definition) is 5. The van der Waals surface area contributed by atoms with Gasteiger partial charge in [0.15, 0.2) is 0 Å². The Morgan fingerprint density at radius 2 is 1.73 bits per heavy atom. The van der Waals surface area contributed by atoms with Crippen LogP contribution in [0.5, 0.6) is 0 Å². The maximum absolute atomic E-state index is 13.2. The highest BCUT2D eigenvalue weighted by atomic mass is 32.1. The molecule has 1 saturated carbocycles. The molecule has 7 nitrogen and oxygen atoms in total. The van der Waals surface area contributed by atoms with Crippen molar-refractivity contribution < 1.29 is 14.3 Å². The van der Waals surface area contributed by atoms with Crippen LogP contribution in [0, 0.1) is 0 Å². The Bertz CT molecular complexity index is 988.